The maximum atomic E-state index is 14.1. The summed E-state index contributed by atoms with van der Waals surface area (Å²) in [7, 11) is 2.80. The van der Waals surface area contributed by atoms with Gasteiger partial charge in [0, 0.05) is 24.3 Å². The van der Waals surface area contributed by atoms with Gasteiger partial charge in [-0.1, -0.05) is 80.6 Å². The Bertz CT molecular complexity index is 1960. The number of aliphatic hydroxyl groups excluding tert-OH is 1. The van der Waals surface area contributed by atoms with Gasteiger partial charge in [0.2, 0.25) is 0 Å². The van der Waals surface area contributed by atoms with E-state index in [1.807, 2.05) is 0 Å². The molecule has 3 aromatic carbocycles. The lowest BCUT2D eigenvalue weighted by Gasteiger charge is -2.38. The van der Waals surface area contributed by atoms with Crippen LogP contribution < -0.4 is 29.0 Å². The number of methoxy groups -OCH3 is 2. The van der Waals surface area contributed by atoms with Gasteiger partial charge in [-0.2, -0.15) is 0 Å². The van der Waals surface area contributed by atoms with Crippen molar-refractivity contribution in [1.82, 2.24) is 5.32 Å². The summed E-state index contributed by atoms with van der Waals surface area (Å²) >= 11 is 14.3. The molecule has 2 aliphatic heterocycles. The molecule has 7 rings (SSSR count). The maximum Gasteiger partial charge on any atom is 0.340 e. The van der Waals surface area contributed by atoms with E-state index in [0.29, 0.717) is 44.2 Å². The number of halogens is 2. The minimum absolute atomic E-state index is 0.0308. The lowest BCUT2D eigenvalue weighted by molar-refractivity contribution is -0.140. The number of aliphatic hydroxyl groups is 1. The number of benzene rings is 3. The zero-order valence-corrected chi connectivity index (χ0v) is 33.7. The summed E-state index contributed by atoms with van der Waals surface area (Å²) in [5.41, 5.74) is -0.656. The van der Waals surface area contributed by atoms with Crippen molar-refractivity contribution in [2.75, 3.05) is 27.4 Å². The van der Waals surface area contributed by atoms with Crippen LogP contribution in [0.3, 0.4) is 0 Å². The van der Waals surface area contributed by atoms with E-state index in [4.69, 9.17) is 56.7 Å². The molecule has 2 heterocycles. The highest BCUT2D eigenvalue weighted by molar-refractivity contribution is 6.35. The van der Waals surface area contributed by atoms with E-state index in [-0.39, 0.29) is 91.1 Å². The molecule has 3 aromatic rings. The van der Waals surface area contributed by atoms with Gasteiger partial charge in [0.25, 0.3) is 5.91 Å². The summed E-state index contributed by atoms with van der Waals surface area (Å²) in [6.45, 7) is 0.550. The summed E-state index contributed by atoms with van der Waals surface area (Å²) in [5.74, 6) is -2.68. The number of carbonyl (C=O) groups excluding carboxylic acids is 4. The van der Waals surface area contributed by atoms with Crippen LogP contribution in [0.2, 0.25) is 10.0 Å². The predicted molar refractivity (Wildman–Crippen MR) is 210 cm³/mol. The average Bonchev–Trinajstić information content (AvgIpc) is 3.53. The number of amides is 1. The zero-order chi connectivity index (χ0) is 40.3. The molecule has 0 atom stereocenters. The largest absolute Gasteiger partial charge is 0.493 e. The van der Waals surface area contributed by atoms with Crippen LogP contribution in [0.4, 0.5) is 0 Å². The minimum Gasteiger partial charge on any atom is -0.493 e. The third kappa shape index (κ3) is 7.76. The first-order valence-corrected chi connectivity index (χ1v) is 20.6. The van der Waals surface area contributed by atoms with Gasteiger partial charge in [-0.3, -0.25) is 14.4 Å². The fraction of sp³-hybridized carbons (Fsp3) is 0.488. The molecule has 2 aliphatic carbocycles. The number of hydrogen-bond acceptors (Lipinski definition) is 11. The maximum absolute atomic E-state index is 14.1. The molecule has 57 heavy (non-hydrogen) atoms. The SMILES string of the molecule is COc1cc2c(c(Cl)c1OC(=O)C1CCCCC1)Oc1c(cc(OC)c(OC(=O)C3CCCCC3)c1Cl)C21OC(=O)c2cc(C(=O)NCCCCCCO)ccc21. The number of carbonyl (C=O) groups is 4. The molecule has 0 unspecified atom stereocenters. The molecule has 4 aliphatic rings. The van der Waals surface area contributed by atoms with Crippen LogP contribution in [0.5, 0.6) is 34.5 Å². The van der Waals surface area contributed by atoms with Gasteiger partial charge < -0.3 is 38.8 Å². The van der Waals surface area contributed by atoms with Gasteiger partial charge in [0.1, 0.15) is 10.0 Å². The number of rotatable bonds is 13. The van der Waals surface area contributed by atoms with E-state index < -0.39 is 23.5 Å². The van der Waals surface area contributed by atoms with Gasteiger partial charge >= 0.3 is 17.9 Å². The Morgan fingerprint density at radius 2 is 1.28 bits per heavy atom. The van der Waals surface area contributed by atoms with Crippen molar-refractivity contribution >= 4 is 47.0 Å². The molecule has 14 heteroatoms. The summed E-state index contributed by atoms with van der Waals surface area (Å²) in [4.78, 5) is 54.2. The molecule has 0 aromatic heterocycles. The van der Waals surface area contributed by atoms with Crippen LogP contribution in [0, 0.1) is 11.8 Å². The number of ether oxygens (including phenoxy) is 6. The molecule has 2 N–H and O–H groups in total. The molecule has 0 bridgehead atoms. The first kappa shape index (κ1) is 40.7. The fourth-order valence-corrected chi connectivity index (χ4v) is 8.94. The number of fused-ring (bicyclic) bond motifs is 6. The van der Waals surface area contributed by atoms with E-state index in [1.54, 1.807) is 24.3 Å². The van der Waals surface area contributed by atoms with Crippen molar-refractivity contribution in [3.63, 3.8) is 0 Å². The molecule has 1 amide bonds. The Kier molecular flexibility index (Phi) is 12.5. The first-order chi connectivity index (χ1) is 27.6. The Morgan fingerprint density at radius 3 is 1.79 bits per heavy atom. The Labute approximate surface area is 341 Å². The lowest BCUT2D eigenvalue weighted by atomic mass is 9.77. The average molecular weight is 825 g/mol. The van der Waals surface area contributed by atoms with Gasteiger partial charge in [-0.05, 0) is 62.8 Å². The smallest absolute Gasteiger partial charge is 0.340 e. The third-order valence-corrected chi connectivity index (χ3v) is 12.2. The van der Waals surface area contributed by atoms with Crippen molar-refractivity contribution in [2.24, 2.45) is 11.8 Å². The van der Waals surface area contributed by atoms with Crippen LogP contribution in [-0.4, -0.2) is 56.3 Å². The normalized spacial score (nSPS) is 17.1. The third-order valence-electron chi connectivity index (χ3n) is 11.5. The van der Waals surface area contributed by atoms with Crippen LogP contribution >= 0.6 is 23.2 Å². The van der Waals surface area contributed by atoms with E-state index in [9.17, 15) is 19.2 Å². The van der Waals surface area contributed by atoms with Crippen molar-refractivity contribution in [3.05, 3.63) is 68.2 Å². The van der Waals surface area contributed by atoms with Crippen molar-refractivity contribution in [2.45, 2.75) is 95.5 Å². The van der Waals surface area contributed by atoms with E-state index in [2.05, 4.69) is 5.32 Å². The second-order valence-electron chi connectivity index (χ2n) is 15.0. The van der Waals surface area contributed by atoms with E-state index in [0.717, 1.165) is 57.8 Å². The Balaban J connectivity index is 1.35. The molecule has 304 valence electrons. The standard InChI is InChI=1S/C43H47Cl2NO11/c1-52-31-22-29-35(33(44)37(31)55-40(49)24-13-7-5-8-14-24)54-36-30(23-32(53-2)38(34(36)45)56-41(50)25-15-9-6-10-16-25)43(29)28-18-17-26(21-27(28)42(51)57-43)39(48)46-19-11-3-4-12-20-47/h17-18,21-25,47H,3-16,19-20H2,1-2H3,(H,46,48). The van der Waals surface area contributed by atoms with Crippen LogP contribution in [0.15, 0.2) is 30.3 Å². The molecule has 0 radical (unpaired) electrons. The summed E-state index contributed by atoms with van der Waals surface area (Å²) in [6.07, 6.45) is 11.6. The molecule has 12 nitrogen and oxygen atoms in total. The second kappa shape index (κ2) is 17.5. The van der Waals surface area contributed by atoms with Crippen molar-refractivity contribution in [1.29, 1.82) is 0 Å². The van der Waals surface area contributed by atoms with Crippen LogP contribution in [0.25, 0.3) is 0 Å². The summed E-state index contributed by atoms with van der Waals surface area (Å²) < 4.78 is 36.4. The number of unbranched alkanes of at least 4 members (excludes halogenated alkanes) is 3. The van der Waals surface area contributed by atoms with Gasteiger partial charge in [0.15, 0.2) is 40.1 Å². The minimum atomic E-state index is -1.80. The number of esters is 3. The highest BCUT2D eigenvalue weighted by atomic mass is 35.5. The van der Waals surface area contributed by atoms with Gasteiger partial charge in [-0.25, -0.2) is 4.79 Å². The molecule has 1 spiro atoms. The molecule has 2 saturated carbocycles. The van der Waals surface area contributed by atoms with Gasteiger partial charge in [-0.15, -0.1) is 0 Å². The zero-order valence-electron chi connectivity index (χ0n) is 32.1. The summed E-state index contributed by atoms with van der Waals surface area (Å²) in [6, 6.07) is 7.79. The molecule has 0 saturated heterocycles. The van der Waals surface area contributed by atoms with E-state index in [1.165, 1.54) is 20.3 Å². The Hall–Kier alpha value is -4.52. The van der Waals surface area contributed by atoms with E-state index >= 15 is 0 Å². The topological polar surface area (TPSA) is 156 Å². The predicted octanol–water partition coefficient (Wildman–Crippen LogP) is 8.83. The summed E-state index contributed by atoms with van der Waals surface area (Å²) in [5, 5.41) is 11.7. The second-order valence-corrected chi connectivity index (χ2v) is 15.8. The van der Waals surface area contributed by atoms with Gasteiger partial charge in [0.05, 0.1) is 42.7 Å². The number of hydrogen-bond donors (Lipinski definition) is 2. The molecular formula is C43H47Cl2NO11. The lowest BCUT2D eigenvalue weighted by Crippen LogP contribution is -2.34. The molecular weight excluding hydrogens is 777 g/mol. The quantitative estimate of drug-likeness (QED) is 0.0965. The molecule has 2 fully saturated rings. The monoisotopic (exact) mass is 823 g/mol. The highest BCUT2D eigenvalue weighted by Gasteiger charge is 2.56. The van der Waals surface area contributed by atoms with Crippen LogP contribution in [-0.2, 0) is 19.9 Å². The number of nitrogens with one attached hydrogen (secondary N) is 1. The fourth-order valence-electron chi connectivity index (χ4n) is 8.40. The first-order valence-electron chi connectivity index (χ1n) is 19.8. The highest BCUT2D eigenvalue weighted by Crippen LogP contribution is 2.63. The Morgan fingerprint density at radius 1 is 0.754 bits per heavy atom. The van der Waals surface area contributed by atoms with Crippen molar-refractivity contribution in [3.8, 4) is 34.5 Å². The van der Waals surface area contributed by atoms with Crippen molar-refractivity contribution < 1.29 is 52.7 Å². The van der Waals surface area contributed by atoms with Crippen LogP contribution in [0.1, 0.15) is 127 Å².